The Kier molecular flexibility index (Phi) is 10.9. The van der Waals surface area contributed by atoms with E-state index < -0.39 is 12.2 Å². The predicted octanol–water partition coefficient (Wildman–Crippen LogP) is 7.46. The smallest absolute Gasteiger partial charge is 0.412 e. The van der Waals surface area contributed by atoms with Crippen molar-refractivity contribution < 1.29 is 20.1 Å². The van der Waals surface area contributed by atoms with Crippen molar-refractivity contribution in [2.75, 3.05) is 11.4 Å². The summed E-state index contributed by atoms with van der Waals surface area (Å²) in [5, 5.41) is 36.6. The summed E-state index contributed by atoms with van der Waals surface area (Å²) in [5.74, 6) is -0.0325. The van der Waals surface area contributed by atoms with Gasteiger partial charge in [-0.25, -0.2) is 4.79 Å². The summed E-state index contributed by atoms with van der Waals surface area (Å²) in [7, 11) is 0. The van der Waals surface area contributed by atoms with E-state index in [1.807, 2.05) is 30.3 Å². The lowest BCUT2D eigenvalue weighted by molar-refractivity contribution is 0.176. The summed E-state index contributed by atoms with van der Waals surface area (Å²) in [5.41, 5.74) is 12.9. The van der Waals surface area contributed by atoms with E-state index in [-0.39, 0.29) is 23.4 Å². The molecule has 1 aliphatic carbocycles. The highest BCUT2D eigenvalue weighted by atomic mass is 16.4. The van der Waals surface area contributed by atoms with Crippen molar-refractivity contribution in [1.82, 2.24) is 14.9 Å². The molecule has 1 fully saturated rings. The van der Waals surface area contributed by atoms with Crippen molar-refractivity contribution >= 4 is 33.6 Å². The Morgan fingerprint density at radius 3 is 2.51 bits per heavy atom. The van der Waals surface area contributed by atoms with Crippen LogP contribution in [0.3, 0.4) is 0 Å². The molecule has 10 heteroatoms. The number of anilines is 1. The van der Waals surface area contributed by atoms with Crippen molar-refractivity contribution in [3.05, 3.63) is 130 Å². The number of phenolic OH excluding ortho intramolecular Hbond substituents is 1. The summed E-state index contributed by atoms with van der Waals surface area (Å²) >= 11 is 0. The number of aryl methyl sites for hydroxylation is 2. The van der Waals surface area contributed by atoms with E-state index in [0.717, 1.165) is 90.3 Å². The van der Waals surface area contributed by atoms with Gasteiger partial charge in [-0.3, -0.25) is 9.69 Å². The maximum Gasteiger partial charge on any atom is 0.412 e. The number of fused-ring (bicyclic) bond motifs is 2. The lowest BCUT2D eigenvalue weighted by Gasteiger charge is -2.35. The third kappa shape index (κ3) is 8.15. The zero-order valence-electron chi connectivity index (χ0n) is 29.7. The summed E-state index contributed by atoms with van der Waals surface area (Å²) in [4.78, 5) is 28.7. The molecule has 53 heavy (non-hydrogen) atoms. The van der Waals surface area contributed by atoms with Crippen LogP contribution in [0.1, 0.15) is 61.3 Å². The average molecular weight is 714 g/mol. The summed E-state index contributed by atoms with van der Waals surface area (Å²) in [6.07, 6.45) is 6.36. The minimum absolute atomic E-state index is 0.0325. The van der Waals surface area contributed by atoms with Gasteiger partial charge in [0.15, 0.2) is 0 Å². The Morgan fingerprint density at radius 2 is 1.72 bits per heavy atom. The normalized spacial score (nSPS) is 16.6. The Hall–Kier alpha value is -5.42. The molecule has 274 valence electrons. The number of pyridine rings is 1. The van der Waals surface area contributed by atoms with Gasteiger partial charge in [0.25, 0.3) is 0 Å². The number of nitrogens with two attached hydrogens (primary N) is 1. The number of hydrogen-bond acceptors (Lipinski definition) is 6. The van der Waals surface area contributed by atoms with Gasteiger partial charge >= 0.3 is 6.09 Å². The topological polar surface area (TPSA) is 157 Å². The minimum Gasteiger partial charge on any atom is -0.506 e. The number of carboxylic acid groups (broad SMARTS) is 1. The number of aromatic amines is 1. The zero-order valence-corrected chi connectivity index (χ0v) is 29.7. The molecule has 1 aliphatic rings. The van der Waals surface area contributed by atoms with Gasteiger partial charge in [-0.2, -0.15) is 0 Å². The maximum absolute atomic E-state index is 12.7. The van der Waals surface area contributed by atoms with Crippen LogP contribution in [0.15, 0.2) is 108 Å². The highest BCUT2D eigenvalue weighted by Crippen LogP contribution is 2.37. The van der Waals surface area contributed by atoms with Gasteiger partial charge in [0, 0.05) is 60.4 Å². The highest BCUT2D eigenvalue weighted by molar-refractivity contribution is 5.94. The van der Waals surface area contributed by atoms with Gasteiger partial charge in [0.2, 0.25) is 5.56 Å². The molecule has 1 atom stereocenters. The number of rotatable bonds is 13. The Morgan fingerprint density at radius 1 is 0.925 bits per heavy atom. The second-order valence-electron chi connectivity index (χ2n) is 14.2. The van der Waals surface area contributed by atoms with E-state index in [2.05, 4.69) is 63.5 Å². The lowest BCUT2D eigenvalue weighted by atomic mass is 9.89. The van der Waals surface area contributed by atoms with Crippen molar-refractivity contribution in [2.45, 2.75) is 76.2 Å². The second kappa shape index (κ2) is 16.1. The van der Waals surface area contributed by atoms with E-state index in [1.54, 1.807) is 17.0 Å². The molecule has 1 saturated carbocycles. The van der Waals surface area contributed by atoms with E-state index in [0.29, 0.717) is 29.6 Å². The van der Waals surface area contributed by atoms with Crippen LogP contribution in [0.25, 0.3) is 32.9 Å². The number of aromatic nitrogens is 2. The summed E-state index contributed by atoms with van der Waals surface area (Å²) < 4.78 is 2.28. The fourth-order valence-corrected chi connectivity index (χ4v) is 7.79. The summed E-state index contributed by atoms with van der Waals surface area (Å²) in [6, 6.07) is 31.1. The number of phenols is 1. The van der Waals surface area contributed by atoms with Gasteiger partial charge in [0.1, 0.15) is 5.75 Å². The van der Waals surface area contributed by atoms with E-state index >= 15 is 0 Å². The van der Waals surface area contributed by atoms with Gasteiger partial charge in [-0.1, -0.05) is 54.6 Å². The van der Waals surface area contributed by atoms with E-state index in [9.17, 15) is 24.9 Å². The molecule has 10 nitrogen and oxygen atoms in total. The number of nitrogens with one attached hydrogen (secondary N) is 2. The first-order valence-corrected chi connectivity index (χ1v) is 18.5. The molecule has 1 amide bonds. The third-order valence-electron chi connectivity index (χ3n) is 10.6. The molecule has 7 rings (SSSR count). The van der Waals surface area contributed by atoms with Crippen LogP contribution < -0.4 is 21.5 Å². The highest BCUT2D eigenvalue weighted by Gasteiger charge is 2.30. The SMILES string of the molecule is NC1CCC(N(C(=O)O)c2cc(CCCCn3ccc4cc(CNC[C@H](O)c5ccc(O)c6[nH]c(=O)ccc56)ccc43)ccc2-c2ccccc2)CC1. The van der Waals surface area contributed by atoms with Gasteiger partial charge < -0.3 is 35.9 Å². The van der Waals surface area contributed by atoms with E-state index in [4.69, 9.17) is 5.73 Å². The quantitative estimate of drug-likeness (QED) is 0.0679. The first kappa shape index (κ1) is 36.0. The van der Waals surface area contributed by atoms with Crippen LogP contribution in [-0.4, -0.2) is 49.6 Å². The van der Waals surface area contributed by atoms with Crippen molar-refractivity contribution in [3.63, 3.8) is 0 Å². The number of aliphatic hydroxyl groups excluding tert-OH is 1. The Labute approximate surface area is 308 Å². The van der Waals surface area contributed by atoms with Gasteiger partial charge in [0.05, 0.1) is 17.3 Å². The number of hydrogen-bond donors (Lipinski definition) is 6. The minimum atomic E-state index is -0.918. The molecule has 2 heterocycles. The van der Waals surface area contributed by atoms with Gasteiger partial charge in [-0.05, 0) is 109 Å². The number of aromatic hydroxyl groups is 1. The van der Waals surface area contributed by atoms with Gasteiger partial charge in [-0.15, -0.1) is 0 Å². The van der Waals surface area contributed by atoms with Crippen LogP contribution in [0.5, 0.6) is 5.75 Å². The van der Waals surface area contributed by atoms with Crippen LogP contribution in [-0.2, 0) is 19.5 Å². The first-order chi connectivity index (χ1) is 25.7. The van der Waals surface area contributed by atoms with E-state index in [1.165, 1.54) is 12.1 Å². The van der Waals surface area contributed by atoms with Crippen LogP contribution in [0, 0.1) is 0 Å². The molecule has 4 aromatic carbocycles. The third-order valence-corrected chi connectivity index (χ3v) is 10.6. The molecule has 0 radical (unpaired) electrons. The summed E-state index contributed by atoms with van der Waals surface area (Å²) in [6.45, 7) is 1.75. The number of aliphatic hydroxyl groups is 1. The monoisotopic (exact) mass is 713 g/mol. The van der Waals surface area contributed by atoms with Crippen LogP contribution >= 0.6 is 0 Å². The number of nitrogens with zero attached hydrogens (tertiary/aromatic N) is 2. The number of benzene rings is 4. The second-order valence-corrected chi connectivity index (χ2v) is 14.2. The number of unbranched alkanes of at least 4 members (excludes halogenated alkanes) is 1. The average Bonchev–Trinajstić information content (AvgIpc) is 3.57. The number of amides is 1. The Bertz CT molecular complexity index is 2260. The zero-order chi connectivity index (χ0) is 36.9. The molecule has 0 unspecified atom stereocenters. The first-order valence-electron chi connectivity index (χ1n) is 18.5. The largest absolute Gasteiger partial charge is 0.506 e. The molecule has 0 saturated heterocycles. The standard InChI is InChI=1S/C43H47N5O5/c44-32-11-13-33(14-12-32)48(43(52)53)38-25-28(9-15-34(38)30-7-2-1-3-8-30)6-4-5-22-47-23-21-31-24-29(10-18-37(31)47)26-45-27-40(50)35-16-19-39(49)42-36(35)17-20-41(51)46-42/h1-3,7-10,15-21,23-25,32-33,40,45,49-50H,4-6,11-14,22,26-27,44H2,(H,46,51)(H,52,53)/t32?,33?,40-/m0/s1. The Balaban J connectivity index is 0.966. The van der Waals surface area contributed by atoms with Crippen LogP contribution in [0.4, 0.5) is 10.5 Å². The lowest BCUT2D eigenvalue weighted by Crippen LogP contribution is -2.44. The molecular formula is C43H47N5O5. The maximum atomic E-state index is 12.7. The predicted molar refractivity (Wildman–Crippen MR) is 210 cm³/mol. The van der Waals surface area contributed by atoms with Crippen molar-refractivity contribution in [1.29, 1.82) is 0 Å². The molecular weight excluding hydrogens is 667 g/mol. The van der Waals surface area contributed by atoms with Crippen molar-refractivity contribution in [3.8, 4) is 16.9 Å². The van der Waals surface area contributed by atoms with Crippen LogP contribution in [0.2, 0.25) is 0 Å². The number of carbonyl (C=O) groups is 1. The molecule has 7 N–H and O–H groups in total. The fraction of sp³-hybridized carbons (Fsp3) is 0.302. The molecule has 6 aromatic rings. The molecule has 2 aromatic heterocycles. The fourth-order valence-electron chi connectivity index (χ4n) is 7.79. The number of H-pyrrole nitrogens is 1. The molecule has 0 spiro atoms. The van der Waals surface area contributed by atoms with Crippen molar-refractivity contribution in [2.24, 2.45) is 5.73 Å². The molecule has 0 bridgehead atoms. The molecule has 0 aliphatic heterocycles.